The molecule has 1 aromatic carbocycles. The van der Waals surface area contributed by atoms with Gasteiger partial charge in [0.15, 0.2) is 0 Å². The van der Waals surface area contributed by atoms with E-state index in [-0.39, 0.29) is 17.9 Å². The number of carbonyl (C=O) groups is 1. The van der Waals surface area contributed by atoms with Crippen LogP contribution in [0, 0.1) is 0 Å². The minimum atomic E-state index is -4.76. The van der Waals surface area contributed by atoms with E-state index in [1.807, 2.05) is 0 Å². The van der Waals surface area contributed by atoms with Crippen molar-refractivity contribution < 1.29 is 22.7 Å². The van der Waals surface area contributed by atoms with Crippen LogP contribution in [-0.4, -0.2) is 22.1 Å². The smallest absolute Gasteiger partial charge is 0.406 e. The van der Waals surface area contributed by atoms with Crippen molar-refractivity contribution in [1.29, 1.82) is 0 Å². The largest absolute Gasteiger partial charge is 0.573 e. The van der Waals surface area contributed by atoms with Crippen LogP contribution >= 0.6 is 11.3 Å². The molecular weight excluding hydrogens is 383 g/mol. The van der Waals surface area contributed by atoms with E-state index in [9.17, 15) is 22.8 Å². The number of rotatable bonds is 5. The molecule has 0 saturated heterocycles. The lowest BCUT2D eigenvalue weighted by Gasteiger charge is -2.15. The lowest BCUT2D eigenvalue weighted by molar-refractivity contribution is -0.274. The first kappa shape index (κ1) is 18.9. The Balaban J connectivity index is 1.64. The molecule has 3 rings (SSSR count). The maximum absolute atomic E-state index is 12.3. The topological polar surface area (TPSA) is 73.2 Å². The summed E-state index contributed by atoms with van der Waals surface area (Å²) in [5.74, 6) is -0.785. The van der Waals surface area contributed by atoms with Gasteiger partial charge in [0.2, 0.25) is 5.91 Å². The van der Waals surface area contributed by atoms with Crippen LogP contribution in [0.1, 0.15) is 18.5 Å². The summed E-state index contributed by atoms with van der Waals surface area (Å²) in [5.41, 5.74) is 0.233. The van der Waals surface area contributed by atoms with Crippen LogP contribution < -0.4 is 15.6 Å². The molecule has 2 aromatic heterocycles. The molecule has 0 fully saturated rings. The maximum atomic E-state index is 12.3. The first-order valence-corrected chi connectivity index (χ1v) is 8.69. The number of ether oxygens (including phenoxy) is 1. The fraction of sp³-hybridized carbons (Fsp3) is 0.235. The third-order valence-corrected chi connectivity index (χ3v) is 4.61. The minimum Gasteiger partial charge on any atom is -0.406 e. The maximum Gasteiger partial charge on any atom is 0.573 e. The highest BCUT2D eigenvalue weighted by Gasteiger charge is 2.31. The van der Waals surface area contributed by atoms with Gasteiger partial charge in [-0.05, 0) is 36.1 Å². The van der Waals surface area contributed by atoms with Gasteiger partial charge in [-0.15, -0.1) is 24.5 Å². The highest BCUT2D eigenvalue weighted by Crippen LogP contribution is 2.24. The molecule has 10 heteroatoms. The first-order valence-electron chi connectivity index (χ1n) is 7.81. The van der Waals surface area contributed by atoms with E-state index >= 15 is 0 Å². The second kappa shape index (κ2) is 7.39. The van der Waals surface area contributed by atoms with Gasteiger partial charge >= 0.3 is 6.36 Å². The van der Waals surface area contributed by atoms with Crippen molar-refractivity contribution in [2.75, 3.05) is 0 Å². The average molecular weight is 397 g/mol. The molecule has 27 heavy (non-hydrogen) atoms. The summed E-state index contributed by atoms with van der Waals surface area (Å²) in [6, 6.07) is 6.38. The highest BCUT2D eigenvalue weighted by atomic mass is 32.1. The Hall–Kier alpha value is -2.88. The molecule has 0 unspecified atom stereocenters. The van der Waals surface area contributed by atoms with Crippen LogP contribution in [0.5, 0.6) is 5.75 Å². The zero-order valence-corrected chi connectivity index (χ0v) is 14.8. The Morgan fingerprint density at radius 1 is 1.30 bits per heavy atom. The van der Waals surface area contributed by atoms with Crippen molar-refractivity contribution >= 4 is 27.3 Å². The normalized spacial score (nSPS) is 12.7. The van der Waals surface area contributed by atoms with Gasteiger partial charge in [0.1, 0.15) is 12.3 Å². The third-order valence-electron chi connectivity index (χ3n) is 3.76. The number of fused-ring (bicyclic) bond motifs is 1. The van der Waals surface area contributed by atoms with Crippen molar-refractivity contribution in [2.24, 2.45) is 0 Å². The molecule has 1 amide bonds. The lowest BCUT2D eigenvalue weighted by atomic mass is 10.1. The number of thiophene rings is 1. The predicted octanol–water partition coefficient (Wildman–Crippen LogP) is 3.23. The molecule has 0 aliphatic rings. The van der Waals surface area contributed by atoms with Gasteiger partial charge in [0.05, 0.1) is 22.3 Å². The zero-order valence-electron chi connectivity index (χ0n) is 14.0. The summed E-state index contributed by atoms with van der Waals surface area (Å²) in [6.45, 7) is 1.42. The molecule has 1 N–H and O–H groups in total. The van der Waals surface area contributed by atoms with E-state index in [1.165, 1.54) is 41.8 Å². The number of halogens is 3. The number of nitrogens with zero attached hydrogens (tertiary/aromatic N) is 2. The quantitative estimate of drug-likeness (QED) is 0.718. The second-order valence-electron chi connectivity index (χ2n) is 5.71. The molecule has 0 aliphatic heterocycles. The SMILES string of the molecule is C[C@H](NC(=O)Cn1ncc2sccc2c1=O)c1ccc(OC(F)(F)F)cc1. The van der Waals surface area contributed by atoms with E-state index in [4.69, 9.17) is 0 Å². The van der Waals surface area contributed by atoms with Crippen LogP contribution in [0.2, 0.25) is 0 Å². The Bertz CT molecular complexity index is 1010. The monoisotopic (exact) mass is 397 g/mol. The summed E-state index contributed by atoms with van der Waals surface area (Å²) in [6.07, 6.45) is -3.23. The number of carbonyl (C=O) groups excluding carboxylic acids is 1. The van der Waals surface area contributed by atoms with Gasteiger partial charge in [0.25, 0.3) is 5.56 Å². The van der Waals surface area contributed by atoms with Crippen molar-refractivity contribution in [3.63, 3.8) is 0 Å². The number of hydrogen-bond acceptors (Lipinski definition) is 5. The summed E-state index contributed by atoms with van der Waals surface area (Å²) < 4.78 is 42.1. The van der Waals surface area contributed by atoms with Gasteiger partial charge in [0, 0.05) is 0 Å². The summed E-state index contributed by atoms with van der Waals surface area (Å²) in [4.78, 5) is 24.4. The summed E-state index contributed by atoms with van der Waals surface area (Å²) >= 11 is 1.38. The second-order valence-corrected chi connectivity index (χ2v) is 6.66. The molecule has 3 aromatic rings. The summed E-state index contributed by atoms with van der Waals surface area (Å²) in [7, 11) is 0. The lowest BCUT2D eigenvalue weighted by Crippen LogP contribution is -2.34. The zero-order chi connectivity index (χ0) is 19.6. The number of aromatic nitrogens is 2. The number of alkyl halides is 3. The van der Waals surface area contributed by atoms with Gasteiger partial charge in [-0.1, -0.05) is 12.1 Å². The molecule has 0 spiro atoms. The Labute approximate surface area is 155 Å². The Morgan fingerprint density at radius 2 is 2.00 bits per heavy atom. The van der Waals surface area contributed by atoms with E-state index in [1.54, 1.807) is 18.4 Å². The van der Waals surface area contributed by atoms with Gasteiger partial charge < -0.3 is 10.1 Å². The van der Waals surface area contributed by atoms with Crippen LogP contribution in [0.25, 0.3) is 10.1 Å². The summed E-state index contributed by atoms with van der Waals surface area (Å²) in [5, 5.41) is 8.92. The molecule has 1 atom stereocenters. The van der Waals surface area contributed by atoms with Crippen molar-refractivity contribution in [2.45, 2.75) is 25.9 Å². The van der Waals surface area contributed by atoms with E-state index in [2.05, 4.69) is 15.2 Å². The number of nitrogens with one attached hydrogen (secondary N) is 1. The highest BCUT2D eigenvalue weighted by molar-refractivity contribution is 7.17. The number of benzene rings is 1. The Morgan fingerprint density at radius 3 is 2.67 bits per heavy atom. The first-order chi connectivity index (χ1) is 12.7. The van der Waals surface area contributed by atoms with Gasteiger partial charge in [-0.2, -0.15) is 5.10 Å². The number of hydrogen-bond donors (Lipinski definition) is 1. The fourth-order valence-electron chi connectivity index (χ4n) is 2.49. The average Bonchev–Trinajstić information content (AvgIpc) is 3.06. The van der Waals surface area contributed by atoms with E-state index < -0.39 is 18.3 Å². The molecule has 2 heterocycles. The van der Waals surface area contributed by atoms with Crippen LogP contribution in [0.4, 0.5) is 13.2 Å². The van der Waals surface area contributed by atoms with Crippen molar-refractivity contribution in [3.05, 3.63) is 57.8 Å². The van der Waals surface area contributed by atoms with Crippen LogP contribution in [-0.2, 0) is 11.3 Å². The van der Waals surface area contributed by atoms with Crippen molar-refractivity contribution in [3.8, 4) is 5.75 Å². The fourth-order valence-corrected chi connectivity index (χ4v) is 3.23. The van der Waals surface area contributed by atoms with Crippen LogP contribution in [0.3, 0.4) is 0 Å². The van der Waals surface area contributed by atoms with Crippen molar-refractivity contribution in [1.82, 2.24) is 15.1 Å². The molecule has 0 radical (unpaired) electrons. The van der Waals surface area contributed by atoms with Gasteiger partial charge in [-0.25, -0.2) is 4.68 Å². The minimum absolute atomic E-state index is 0.260. The van der Waals surface area contributed by atoms with E-state index in [0.717, 1.165) is 9.38 Å². The molecular formula is C17H14F3N3O3S. The standard InChI is InChI=1S/C17H14F3N3O3S/c1-10(11-2-4-12(5-3-11)26-17(18,19)20)22-15(24)9-23-16(25)13-6-7-27-14(13)8-21-23/h2-8,10H,9H2,1H3,(H,22,24)/t10-/m0/s1. The predicted molar refractivity (Wildman–Crippen MR) is 93.6 cm³/mol. The molecule has 142 valence electrons. The van der Waals surface area contributed by atoms with Crippen LogP contribution in [0.15, 0.2) is 46.7 Å². The molecule has 0 saturated carbocycles. The number of amides is 1. The Kier molecular flexibility index (Phi) is 5.17. The molecule has 6 nitrogen and oxygen atoms in total. The molecule has 0 aliphatic carbocycles. The van der Waals surface area contributed by atoms with E-state index in [0.29, 0.717) is 10.9 Å². The van der Waals surface area contributed by atoms with Gasteiger partial charge in [-0.3, -0.25) is 9.59 Å². The third kappa shape index (κ3) is 4.64. The molecule has 0 bridgehead atoms.